The first-order chi connectivity index (χ1) is 8.09. The molecule has 0 spiro atoms. The maximum Gasteiger partial charge on any atom is 0.147 e. The molecule has 17 heavy (non-hydrogen) atoms. The average molecular weight is 336 g/mol. The van der Waals surface area contributed by atoms with Gasteiger partial charge in [-0.05, 0) is 40.4 Å². The van der Waals surface area contributed by atoms with Gasteiger partial charge in [-0.1, -0.05) is 31.9 Å². The van der Waals surface area contributed by atoms with Crippen LogP contribution >= 0.6 is 39.3 Å². The molecule has 1 saturated heterocycles. The van der Waals surface area contributed by atoms with Crippen molar-refractivity contribution < 1.29 is 0 Å². The van der Waals surface area contributed by atoms with Crippen LogP contribution in [0, 0.1) is 0 Å². The number of rotatable bonds is 2. The molecule has 1 atom stereocenters. The second-order valence-electron chi connectivity index (χ2n) is 4.58. The van der Waals surface area contributed by atoms with E-state index in [-0.39, 0.29) is 0 Å². The lowest BCUT2D eigenvalue weighted by Crippen LogP contribution is -2.09. The van der Waals surface area contributed by atoms with Crippen molar-refractivity contribution in [2.45, 2.75) is 44.3 Å². The van der Waals surface area contributed by atoms with Crippen molar-refractivity contribution in [2.24, 2.45) is 0 Å². The second-order valence-corrected chi connectivity index (χ2v) is 7.04. The minimum atomic E-state index is 0.359. The van der Waals surface area contributed by atoms with Crippen LogP contribution in [-0.2, 0) is 0 Å². The van der Waals surface area contributed by atoms with Gasteiger partial charge < -0.3 is 0 Å². The normalized spacial score (nSPS) is 20.9. The van der Waals surface area contributed by atoms with E-state index in [0.29, 0.717) is 16.3 Å². The topological polar surface area (TPSA) is 25.8 Å². The lowest BCUT2D eigenvalue weighted by molar-refractivity contribution is 0.652. The van der Waals surface area contributed by atoms with Gasteiger partial charge in [0.15, 0.2) is 0 Å². The van der Waals surface area contributed by atoms with Crippen LogP contribution in [0.1, 0.15) is 55.8 Å². The van der Waals surface area contributed by atoms with Gasteiger partial charge in [0.25, 0.3) is 0 Å². The first-order valence-electron chi connectivity index (χ1n) is 5.94. The van der Waals surface area contributed by atoms with E-state index < -0.39 is 0 Å². The number of nitrogens with zero attached hydrogens (tertiary/aromatic N) is 2. The number of halogens is 2. The molecule has 0 amide bonds. The highest BCUT2D eigenvalue weighted by Gasteiger charge is 2.22. The molecule has 2 rings (SSSR count). The zero-order valence-electron chi connectivity index (χ0n) is 10.0. The minimum absolute atomic E-state index is 0.359. The fraction of sp³-hybridized carbons (Fsp3) is 0.667. The first-order valence-corrected chi connectivity index (χ1v) is 8.16. The van der Waals surface area contributed by atoms with E-state index >= 15 is 0 Å². The summed E-state index contributed by atoms with van der Waals surface area (Å²) in [5.41, 5.74) is 1.02. The lowest BCUT2D eigenvalue weighted by Gasteiger charge is -2.21. The third-order valence-corrected chi connectivity index (χ3v) is 5.53. The predicted octanol–water partition coefficient (Wildman–Crippen LogP) is 4.97. The minimum Gasteiger partial charge on any atom is -0.235 e. The van der Waals surface area contributed by atoms with Gasteiger partial charge in [0.05, 0.1) is 15.4 Å². The van der Waals surface area contributed by atoms with Crippen LogP contribution in [0.15, 0.2) is 4.47 Å². The Morgan fingerprint density at radius 3 is 2.71 bits per heavy atom. The molecule has 94 valence electrons. The largest absolute Gasteiger partial charge is 0.235 e. The number of thioether (sulfide) groups is 1. The smallest absolute Gasteiger partial charge is 0.147 e. The fourth-order valence-corrected chi connectivity index (χ4v) is 3.99. The standard InChI is InChI=1S/C12H16BrClN2S/c1-7(2)10-9(13)11(14)16-12(15-10)8-5-3-4-6-17-8/h7-8H,3-6H2,1-2H3. The van der Waals surface area contributed by atoms with E-state index in [4.69, 9.17) is 16.6 Å². The summed E-state index contributed by atoms with van der Waals surface area (Å²) in [4.78, 5) is 9.12. The van der Waals surface area contributed by atoms with Crippen LogP contribution in [0.5, 0.6) is 0 Å². The molecule has 2 nitrogen and oxygen atoms in total. The van der Waals surface area contributed by atoms with Crippen molar-refractivity contribution in [3.63, 3.8) is 0 Å². The van der Waals surface area contributed by atoms with Crippen LogP contribution in [0.2, 0.25) is 5.15 Å². The van der Waals surface area contributed by atoms with Gasteiger partial charge in [-0.15, -0.1) is 0 Å². The molecule has 1 aromatic rings. The lowest BCUT2D eigenvalue weighted by atomic mass is 10.1. The molecule has 0 N–H and O–H groups in total. The zero-order valence-corrected chi connectivity index (χ0v) is 13.2. The van der Waals surface area contributed by atoms with Gasteiger partial charge in [0.2, 0.25) is 0 Å². The highest BCUT2D eigenvalue weighted by Crippen LogP contribution is 2.39. The van der Waals surface area contributed by atoms with Crippen LogP contribution in [0.3, 0.4) is 0 Å². The molecule has 5 heteroatoms. The maximum atomic E-state index is 6.18. The highest BCUT2D eigenvalue weighted by atomic mass is 79.9. The molecule has 0 aromatic carbocycles. The molecule has 1 aliphatic heterocycles. The molecule has 1 unspecified atom stereocenters. The van der Waals surface area contributed by atoms with Crippen molar-refractivity contribution in [2.75, 3.05) is 5.75 Å². The zero-order chi connectivity index (χ0) is 12.4. The molecule has 0 aliphatic carbocycles. The Labute approximate surface area is 120 Å². The van der Waals surface area contributed by atoms with Crippen LogP contribution in [0.25, 0.3) is 0 Å². The molecule has 2 heterocycles. The Bertz CT molecular complexity index is 406. The van der Waals surface area contributed by atoms with Crippen LogP contribution in [0.4, 0.5) is 0 Å². The monoisotopic (exact) mass is 334 g/mol. The van der Waals surface area contributed by atoms with Gasteiger partial charge in [-0.25, -0.2) is 9.97 Å². The van der Waals surface area contributed by atoms with Crippen LogP contribution < -0.4 is 0 Å². The van der Waals surface area contributed by atoms with E-state index in [9.17, 15) is 0 Å². The maximum absolute atomic E-state index is 6.18. The van der Waals surface area contributed by atoms with E-state index in [1.54, 1.807) is 0 Å². The number of hydrogen-bond donors (Lipinski definition) is 0. The van der Waals surface area contributed by atoms with Gasteiger partial charge in [-0.2, -0.15) is 11.8 Å². The average Bonchev–Trinajstić information content (AvgIpc) is 2.33. The molecule has 1 aromatic heterocycles. The Hall–Kier alpha value is 0.200. The number of hydrogen-bond acceptors (Lipinski definition) is 3. The molecule has 0 radical (unpaired) electrons. The molecule has 0 bridgehead atoms. The summed E-state index contributed by atoms with van der Waals surface area (Å²) in [7, 11) is 0. The quantitative estimate of drug-likeness (QED) is 0.713. The van der Waals surface area contributed by atoms with E-state index in [1.807, 2.05) is 11.8 Å². The summed E-state index contributed by atoms with van der Waals surface area (Å²) in [5, 5.41) is 0.969. The molecular formula is C12H16BrClN2S. The summed E-state index contributed by atoms with van der Waals surface area (Å²) in [5.74, 6) is 2.47. The Kier molecular flexibility index (Phi) is 4.72. The summed E-state index contributed by atoms with van der Waals surface area (Å²) in [6.45, 7) is 4.25. The van der Waals surface area contributed by atoms with Crippen molar-refractivity contribution in [3.05, 3.63) is 21.1 Å². The van der Waals surface area contributed by atoms with E-state index in [2.05, 4.69) is 34.8 Å². The number of aromatic nitrogens is 2. The third-order valence-electron chi connectivity index (χ3n) is 2.87. The Morgan fingerprint density at radius 1 is 1.35 bits per heavy atom. The van der Waals surface area contributed by atoms with Crippen molar-refractivity contribution in [1.82, 2.24) is 9.97 Å². The summed E-state index contributed by atoms with van der Waals surface area (Å²) < 4.78 is 0.846. The summed E-state index contributed by atoms with van der Waals surface area (Å²) in [6.07, 6.45) is 3.74. The second kappa shape index (κ2) is 5.89. The van der Waals surface area contributed by atoms with Crippen molar-refractivity contribution in [1.29, 1.82) is 0 Å². The fourth-order valence-electron chi connectivity index (χ4n) is 1.92. The molecule has 1 fully saturated rings. The molecular weight excluding hydrogens is 320 g/mol. The van der Waals surface area contributed by atoms with Gasteiger partial charge in [-0.3, -0.25) is 0 Å². The highest BCUT2D eigenvalue weighted by molar-refractivity contribution is 9.10. The van der Waals surface area contributed by atoms with Crippen molar-refractivity contribution >= 4 is 39.3 Å². The third kappa shape index (κ3) is 3.15. The van der Waals surface area contributed by atoms with Gasteiger partial charge in [0.1, 0.15) is 11.0 Å². The molecule has 0 saturated carbocycles. The van der Waals surface area contributed by atoms with E-state index in [1.165, 1.54) is 25.0 Å². The van der Waals surface area contributed by atoms with Crippen LogP contribution in [-0.4, -0.2) is 15.7 Å². The SMILES string of the molecule is CC(C)c1nc(C2CCCCS2)nc(Cl)c1Br. The predicted molar refractivity (Wildman–Crippen MR) is 77.9 cm³/mol. The Morgan fingerprint density at radius 2 is 2.12 bits per heavy atom. The Balaban J connectivity index is 2.34. The van der Waals surface area contributed by atoms with Gasteiger partial charge >= 0.3 is 0 Å². The van der Waals surface area contributed by atoms with E-state index in [0.717, 1.165) is 16.0 Å². The summed E-state index contributed by atoms with van der Waals surface area (Å²) in [6, 6.07) is 0. The van der Waals surface area contributed by atoms with Crippen molar-refractivity contribution in [3.8, 4) is 0 Å². The van der Waals surface area contributed by atoms with Gasteiger partial charge in [0, 0.05) is 0 Å². The molecule has 1 aliphatic rings. The first kappa shape index (κ1) is 13.6. The summed E-state index contributed by atoms with van der Waals surface area (Å²) >= 11 is 11.6.